The number of anilines is 1. The molecule has 0 N–H and O–H groups in total. The van der Waals surface area contributed by atoms with Crippen LogP contribution in [0.5, 0.6) is 0 Å². The standard InChI is InChI=1S/C21H22N6O/c1-17-11-12-27(24-17)20-9-8-19(22-23-20)25-13-15-26(16-14-25)21(28)10-7-18-5-3-2-4-6-18/h2-12H,13-16H2,1H3/b10-7+. The summed E-state index contributed by atoms with van der Waals surface area (Å²) in [4.78, 5) is 16.4. The summed E-state index contributed by atoms with van der Waals surface area (Å²) >= 11 is 0. The summed E-state index contributed by atoms with van der Waals surface area (Å²) in [6.45, 7) is 4.74. The fraction of sp³-hybridized carbons (Fsp3) is 0.238. The Morgan fingerprint density at radius 3 is 2.29 bits per heavy atom. The van der Waals surface area contributed by atoms with E-state index in [9.17, 15) is 4.79 Å². The van der Waals surface area contributed by atoms with Gasteiger partial charge in [-0.3, -0.25) is 4.79 Å². The van der Waals surface area contributed by atoms with Crippen LogP contribution in [0.2, 0.25) is 0 Å². The van der Waals surface area contributed by atoms with E-state index in [1.165, 1.54) is 0 Å². The molecule has 0 saturated carbocycles. The van der Waals surface area contributed by atoms with Crippen molar-refractivity contribution in [2.45, 2.75) is 6.92 Å². The average Bonchev–Trinajstić information content (AvgIpc) is 3.19. The molecule has 0 bridgehead atoms. The predicted octanol–water partition coefficient (Wildman–Crippen LogP) is 2.33. The van der Waals surface area contributed by atoms with Crippen molar-refractivity contribution in [3.63, 3.8) is 0 Å². The summed E-state index contributed by atoms with van der Waals surface area (Å²) in [5, 5.41) is 12.9. The van der Waals surface area contributed by atoms with Crippen LogP contribution in [0, 0.1) is 6.92 Å². The van der Waals surface area contributed by atoms with E-state index in [1.807, 2.05) is 72.6 Å². The average molecular weight is 374 g/mol. The molecule has 1 aliphatic rings. The van der Waals surface area contributed by atoms with E-state index in [1.54, 1.807) is 10.8 Å². The van der Waals surface area contributed by atoms with Crippen LogP contribution >= 0.6 is 0 Å². The fourth-order valence-electron chi connectivity index (χ4n) is 3.14. The molecule has 0 atom stereocenters. The van der Waals surface area contributed by atoms with Crippen LogP contribution < -0.4 is 4.90 Å². The molecule has 142 valence electrons. The van der Waals surface area contributed by atoms with Crippen molar-refractivity contribution in [3.8, 4) is 5.82 Å². The quantitative estimate of drug-likeness (QED) is 0.656. The number of benzene rings is 1. The Hall–Kier alpha value is -3.48. The number of piperazine rings is 1. The monoisotopic (exact) mass is 374 g/mol. The zero-order chi connectivity index (χ0) is 19.3. The maximum absolute atomic E-state index is 12.4. The van der Waals surface area contributed by atoms with Gasteiger partial charge in [-0.15, -0.1) is 10.2 Å². The van der Waals surface area contributed by atoms with Crippen molar-refractivity contribution < 1.29 is 4.79 Å². The molecule has 3 heterocycles. The third kappa shape index (κ3) is 4.09. The number of amides is 1. The number of carbonyl (C=O) groups is 1. The van der Waals surface area contributed by atoms with Gasteiger partial charge in [-0.25, -0.2) is 4.68 Å². The van der Waals surface area contributed by atoms with Crippen molar-refractivity contribution in [3.05, 3.63) is 72.1 Å². The maximum Gasteiger partial charge on any atom is 0.246 e. The van der Waals surface area contributed by atoms with Gasteiger partial charge in [-0.2, -0.15) is 5.10 Å². The van der Waals surface area contributed by atoms with E-state index >= 15 is 0 Å². The molecule has 3 aromatic rings. The molecule has 0 unspecified atom stereocenters. The summed E-state index contributed by atoms with van der Waals surface area (Å²) in [7, 11) is 0. The summed E-state index contributed by atoms with van der Waals surface area (Å²) in [6.07, 6.45) is 5.37. The van der Waals surface area contributed by atoms with Gasteiger partial charge in [0, 0.05) is 38.5 Å². The zero-order valence-electron chi connectivity index (χ0n) is 15.8. The zero-order valence-corrected chi connectivity index (χ0v) is 15.8. The minimum absolute atomic E-state index is 0.0407. The molecule has 1 amide bonds. The Kier molecular flexibility index (Phi) is 5.14. The molecule has 1 aromatic carbocycles. The first-order valence-electron chi connectivity index (χ1n) is 9.32. The lowest BCUT2D eigenvalue weighted by Gasteiger charge is -2.34. The lowest BCUT2D eigenvalue weighted by molar-refractivity contribution is -0.126. The van der Waals surface area contributed by atoms with Crippen LogP contribution in [0.1, 0.15) is 11.3 Å². The molecule has 1 aliphatic heterocycles. The number of aromatic nitrogens is 4. The molecule has 1 saturated heterocycles. The summed E-state index contributed by atoms with van der Waals surface area (Å²) < 4.78 is 1.71. The number of aryl methyl sites for hydroxylation is 1. The minimum Gasteiger partial charge on any atom is -0.352 e. The van der Waals surface area contributed by atoms with E-state index in [0.717, 1.165) is 30.2 Å². The second-order valence-electron chi connectivity index (χ2n) is 6.71. The Balaban J connectivity index is 1.33. The first kappa shape index (κ1) is 17.9. The van der Waals surface area contributed by atoms with Gasteiger partial charge in [-0.05, 0) is 36.8 Å². The predicted molar refractivity (Wildman–Crippen MR) is 108 cm³/mol. The van der Waals surface area contributed by atoms with Crippen LogP contribution in [-0.2, 0) is 4.79 Å². The van der Waals surface area contributed by atoms with E-state index in [0.29, 0.717) is 18.9 Å². The topological polar surface area (TPSA) is 67.2 Å². The number of nitrogens with zero attached hydrogens (tertiary/aromatic N) is 6. The number of rotatable bonds is 4. The number of carbonyl (C=O) groups excluding carboxylic acids is 1. The molecule has 0 aliphatic carbocycles. The fourth-order valence-corrected chi connectivity index (χ4v) is 3.14. The highest BCUT2D eigenvalue weighted by molar-refractivity contribution is 5.91. The van der Waals surface area contributed by atoms with Crippen LogP contribution in [0.4, 0.5) is 5.82 Å². The Bertz CT molecular complexity index is 956. The molecule has 0 radical (unpaired) electrons. The van der Waals surface area contributed by atoms with Gasteiger partial charge in [0.25, 0.3) is 0 Å². The lowest BCUT2D eigenvalue weighted by Crippen LogP contribution is -2.48. The Labute approximate surface area is 163 Å². The van der Waals surface area contributed by atoms with E-state index in [-0.39, 0.29) is 5.91 Å². The smallest absolute Gasteiger partial charge is 0.246 e. The minimum atomic E-state index is 0.0407. The molecular formula is C21H22N6O. The van der Waals surface area contributed by atoms with E-state index in [4.69, 9.17) is 0 Å². The van der Waals surface area contributed by atoms with Gasteiger partial charge in [0.15, 0.2) is 11.6 Å². The van der Waals surface area contributed by atoms with Gasteiger partial charge in [0.2, 0.25) is 5.91 Å². The molecule has 28 heavy (non-hydrogen) atoms. The highest BCUT2D eigenvalue weighted by Gasteiger charge is 2.20. The second-order valence-corrected chi connectivity index (χ2v) is 6.71. The van der Waals surface area contributed by atoms with Crippen molar-refractivity contribution in [1.29, 1.82) is 0 Å². The van der Waals surface area contributed by atoms with E-state index in [2.05, 4.69) is 20.2 Å². The second kappa shape index (κ2) is 8.04. The van der Waals surface area contributed by atoms with Crippen molar-refractivity contribution in [2.24, 2.45) is 0 Å². The normalized spacial score (nSPS) is 14.6. The summed E-state index contributed by atoms with van der Waals surface area (Å²) in [5.41, 5.74) is 1.96. The summed E-state index contributed by atoms with van der Waals surface area (Å²) in [6, 6.07) is 15.6. The molecule has 4 rings (SSSR count). The lowest BCUT2D eigenvalue weighted by atomic mass is 10.2. The first-order chi connectivity index (χ1) is 13.7. The molecule has 7 nitrogen and oxygen atoms in total. The van der Waals surface area contributed by atoms with Crippen LogP contribution in [0.3, 0.4) is 0 Å². The van der Waals surface area contributed by atoms with Gasteiger partial charge in [-0.1, -0.05) is 30.3 Å². The Morgan fingerprint density at radius 2 is 1.64 bits per heavy atom. The molecule has 0 spiro atoms. The van der Waals surface area contributed by atoms with Crippen LogP contribution in [0.15, 0.2) is 60.8 Å². The third-order valence-corrected chi connectivity index (χ3v) is 4.73. The van der Waals surface area contributed by atoms with Gasteiger partial charge in [0.05, 0.1) is 5.69 Å². The van der Waals surface area contributed by atoms with Crippen molar-refractivity contribution >= 4 is 17.8 Å². The molecular weight excluding hydrogens is 352 g/mol. The highest BCUT2D eigenvalue weighted by Crippen LogP contribution is 2.14. The van der Waals surface area contributed by atoms with Gasteiger partial charge in [0.1, 0.15) is 0 Å². The molecule has 7 heteroatoms. The maximum atomic E-state index is 12.4. The van der Waals surface area contributed by atoms with E-state index < -0.39 is 0 Å². The molecule has 2 aromatic heterocycles. The van der Waals surface area contributed by atoms with Gasteiger partial charge >= 0.3 is 0 Å². The summed E-state index contributed by atoms with van der Waals surface area (Å²) in [5.74, 6) is 1.55. The van der Waals surface area contributed by atoms with Crippen LogP contribution in [0.25, 0.3) is 11.9 Å². The van der Waals surface area contributed by atoms with Crippen LogP contribution in [-0.4, -0.2) is 57.0 Å². The SMILES string of the molecule is Cc1ccn(-c2ccc(N3CCN(C(=O)/C=C/c4ccccc4)CC3)nn2)n1. The number of hydrogen-bond acceptors (Lipinski definition) is 5. The van der Waals surface area contributed by atoms with Crippen molar-refractivity contribution in [2.75, 3.05) is 31.1 Å². The largest absolute Gasteiger partial charge is 0.352 e. The molecule has 1 fully saturated rings. The Morgan fingerprint density at radius 1 is 0.929 bits per heavy atom. The van der Waals surface area contributed by atoms with Gasteiger partial charge < -0.3 is 9.80 Å². The van der Waals surface area contributed by atoms with Crippen molar-refractivity contribution in [1.82, 2.24) is 24.9 Å². The first-order valence-corrected chi connectivity index (χ1v) is 9.32. The highest BCUT2D eigenvalue weighted by atomic mass is 16.2. The third-order valence-electron chi connectivity index (χ3n) is 4.73. The number of hydrogen-bond donors (Lipinski definition) is 0.